The fraction of sp³-hybridized carbons (Fsp3) is 0.389. The van der Waals surface area contributed by atoms with Crippen molar-refractivity contribution in [3.8, 4) is 5.75 Å². The molecule has 0 atom stereocenters. The lowest BCUT2D eigenvalue weighted by Crippen LogP contribution is -2.42. The van der Waals surface area contributed by atoms with Gasteiger partial charge in [0.05, 0.1) is 13.2 Å². The first-order chi connectivity index (χ1) is 11.4. The number of hydrogen-bond donors (Lipinski definition) is 1. The third kappa shape index (κ3) is 3.72. The molecular formula is C18H23N3O3S. The summed E-state index contributed by atoms with van der Waals surface area (Å²) < 4.78 is 13.0. The Balaban J connectivity index is 0.00000225. The van der Waals surface area contributed by atoms with E-state index in [2.05, 4.69) is 4.98 Å². The van der Waals surface area contributed by atoms with E-state index in [4.69, 9.17) is 27.4 Å². The second-order valence-corrected chi connectivity index (χ2v) is 6.51. The highest BCUT2D eigenvalue weighted by atomic mass is 32.1. The molecule has 1 aliphatic rings. The number of fused-ring (bicyclic) bond motifs is 1. The second kappa shape index (κ2) is 7.33. The maximum atomic E-state index is 12.9. The molecule has 1 aliphatic heterocycles. The van der Waals surface area contributed by atoms with Crippen molar-refractivity contribution in [2.24, 2.45) is 5.73 Å². The number of thiocarbonyl (C=S) groups is 1. The van der Waals surface area contributed by atoms with E-state index >= 15 is 0 Å². The molecular weight excluding hydrogens is 338 g/mol. The van der Waals surface area contributed by atoms with Crippen LogP contribution in [0.4, 0.5) is 0 Å². The average molecular weight is 361 g/mol. The summed E-state index contributed by atoms with van der Waals surface area (Å²) in [5.74, 6) is 0.599. The van der Waals surface area contributed by atoms with E-state index in [-0.39, 0.29) is 36.0 Å². The van der Waals surface area contributed by atoms with Gasteiger partial charge in [-0.15, -0.1) is 0 Å². The summed E-state index contributed by atoms with van der Waals surface area (Å²) in [6.45, 7) is 4.82. The van der Waals surface area contributed by atoms with Crippen LogP contribution in [-0.4, -0.2) is 21.1 Å². The Labute approximate surface area is 152 Å². The maximum absolute atomic E-state index is 12.9. The van der Waals surface area contributed by atoms with Crippen LogP contribution in [0, 0.1) is 0 Å². The van der Waals surface area contributed by atoms with E-state index in [0.29, 0.717) is 19.0 Å². The Morgan fingerprint density at radius 3 is 2.72 bits per heavy atom. The van der Waals surface area contributed by atoms with Crippen molar-refractivity contribution in [3.05, 3.63) is 57.8 Å². The minimum atomic E-state index is -0.686. The summed E-state index contributed by atoms with van der Waals surface area (Å²) in [4.78, 5) is 17.4. The van der Waals surface area contributed by atoms with Gasteiger partial charge in [-0.05, 0) is 19.4 Å². The first kappa shape index (κ1) is 19.1. The van der Waals surface area contributed by atoms with Gasteiger partial charge >= 0.3 is 0 Å². The molecule has 6 nitrogen and oxygen atoms in total. The van der Waals surface area contributed by atoms with Crippen LogP contribution in [0.25, 0.3) is 0 Å². The lowest BCUT2D eigenvalue weighted by molar-refractivity contribution is -0.0566. The molecule has 2 heterocycles. The van der Waals surface area contributed by atoms with Gasteiger partial charge in [0.2, 0.25) is 5.75 Å². The van der Waals surface area contributed by atoms with Crippen molar-refractivity contribution in [1.29, 1.82) is 0 Å². The predicted octanol–water partition coefficient (Wildman–Crippen LogP) is 2.36. The zero-order valence-corrected chi connectivity index (χ0v) is 14.4. The highest BCUT2D eigenvalue weighted by Crippen LogP contribution is 2.27. The van der Waals surface area contributed by atoms with Crippen LogP contribution in [-0.2, 0) is 23.5 Å². The normalized spacial score (nSPS) is 15.0. The van der Waals surface area contributed by atoms with Gasteiger partial charge in [0, 0.05) is 0 Å². The van der Waals surface area contributed by atoms with Gasteiger partial charge in [-0.1, -0.05) is 50.0 Å². The lowest BCUT2D eigenvalue weighted by atomic mass is 10.1. The van der Waals surface area contributed by atoms with Crippen LogP contribution in [0.2, 0.25) is 0 Å². The van der Waals surface area contributed by atoms with E-state index in [9.17, 15) is 4.79 Å². The van der Waals surface area contributed by atoms with E-state index in [1.807, 2.05) is 44.2 Å². The van der Waals surface area contributed by atoms with Crippen LogP contribution in [0.1, 0.15) is 38.4 Å². The SMILES string of the molecule is C.CC1(C)OCCn2c1nc(C(N)=S)c(OCc1ccccc1)c2=O. The summed E-state index contributed by atoms with van der Waals surface area (Å²) in [6, 6.07) is 9.57. The molecule has 7 heteroatoms. The zero-order valence-electron chi connectivity index (χ0n) is 13.6. The molecule has 0 amide bonds. The van der Waals surface area contributed by atoms with Crippen LogP contribution in [0.15, 0.2) is 35.1 Å². The van der Waals surface area contributed by atoms with E-state index in [1.54, 1.807) is 4.57 Å². The molecule has 1 aromatic carbocycles. The zero-order chi connectivity index (χ0) is 17.3. The Bertz CT molecular complexity index is 831. The quantitative estimate of drug-likeness (QED) is 0.842. The van der Waals surface area contributed by atoms with Gasteiger partial charge in [0.25, 0.3) is 5.56 Å². The molecule has 0 aliphatic carbocycles. The summed E-state index contributed by atoms with van der Waals surface area (Å²) in [5.41, 5.74) is 5.95. The molecule has 0 bridgehead atoms. The second-order valence-electron chi connectivity index (χ2n) is 6.07. The number of nitrogens with two attached hydrogens (primary N) is 1. The van der Waals surface area contributed by atoms with Crippen LogP contribution in [0.3, 0.4) is 0 Å². The van der Waals surface area contributed by atoms with Crippen molar-refractivity contribution in [2.75, 3.05) is 6.61 Å². The highest BCUT2D eigenvalue weighted by Gasteiger charge is 2.33. The van der Waals surface area contributed by atoms with Gasteiger partial charge in [-0.25, -0.2) is 4.98 Å². The highest BCUT2D eigenvalue weighted by molar-refractivity contribution is 7.80. The molecule has 25 heavy (non-hydrogen) atoms. The predicted molar refractivity (Wildman–Crippen MR) is 101 cm³/mol. The van der Waals surface area contributed by atoms with Crippen LogP contribution in [0.5, 0.6) is 5.75 Å². The number of rotatable bonds is 4. The van der Waals surface area contributed by atoms with E-state index in [1.165, 1.54) is 0 Å². The van der Waals surface area contributed by atoms with Crippen LogP contribution < -0.4 is 16.0 Å². The monoisotopic (exact) mass is 361 g/mol. The molecule has 1 aromatic heterocycles. The van der Waals surface area contributed by atoms with E-state index in [0.717, 1.165) is 5.56 Å². The summed E-state index contributed by atoms with van der Waals surface area (Å²) in [5, 5.41) is 0. The first-order valence-corrected chi connectivity index (χ1v) is 8.07. The topological polar surface area (TPSA) is 79.4 Å². The first-order valence-electron chi connectivity index (χ1n) is 7.66. The van der Waals surface area contributed by atoms with Crippen LogP contribution >= 0.6 is 12.2 Å². The largest absolute Gasteiger partial charge is 0.481 e. The standard InChI is InChI=1S/C17H19N3O3S.CH4/c1-17(2)16-19-12(14(18)24)13(15(21)20(16)8-9-23-17)22-10-11-6-4-3-5-7-11;/h3-7H,8-10H2,1-2H3,(H2,18,24);1H4. The lowest BCUT2D eigenvalue weighted by Gasteiger charge is -2.33. The molecule has 0 spiro atoms. The summed E-state index contributed by atoms with van der Waals surface area (Å²) >= 11 is 5.07. The van der Waals surface area contributed by atoms with Gasteiger partial charge in [0.1, 0.15) is 28.7 Å². The van der Waals surface area contributed by atoms with Crippen molar-refractivity contribution < 1.29 is 9.47 Å². The minimum Gasteiger partial charge on any atom is -0.481 e. The van der Waals surface area contributed by atoms with Crippen molar-refractivity contribution >= 4 is 17.2 Å². The van der Waals surface area contributed by atoms with Gasteiger partial charge < -0.3 is 15.2 Å². The Morgan fingerprint density at radius 2 is 2.08 bits per heavy atom. The molecule has 0 fully saturated rings. The summed E-state index contributed by atoms with van der Waals surface area (Å²) in [7, 11) is 0. The minimum absolute atomic E-state index is 0. The molecule has 3 rings (SSSR count). The number of ether oxygens (including phenoxy) is 2. The third-order valence-corrected chi connectivity index (χ3v) is 4.10. The van der Waals surface area contributed by atoms with Gasteiger partial charge in [-0.3, -0.25) is 9.36 Å². The summed E-state index contributed by atoms with van der Waals surface area (Å²) in [6.07, 6.45) is 0. The number of aromatic nitrogens is 2. The van der Waals surface area contributed by atoms with Gasteiger partial charge in [-0.2, -0.15) is 0 Å². The number of hydrogen-bond acceptors (Lipinski definition) is 5. The molecule has 0 saturated carbocycles. The van der Waals surface area contributed by atoms with Crippen molar-refractivity contribution in [2.45, 2.75) is 40.0 Å². The fourth-order valence-electron chi connectivity index (χ4n) is 2.69. The number of benzene rings is 1. The maximum Gasteiger partial charge on any atom is 0.296 e. The molecule has 0 radical (unpaired) electrons. The van der Waals surface area contributed by atoms with Crippen molar-refractivity contribution in [1.82, 2.24) is 9.55 Å². The fourth-order valence-corrected chi connectivity index (χ4v) is 2.83. The van der Waals surface area contributed by atoms with Gasteiger partial charge in [0.15, 0.2) is 0 Å². The third-order valence-electron chi connectivity index (χ3n) is 3.90. The smallest absolute Gasteiger partial charge is 0.296 e. The van der Waals surface area contributed by atoms with E-state index < -0.39 is 5.60 Å². The average Bonchev–Trinajstić information content (AvgIpc) is 2.55. The number of nitrogens with zero attached hydrogens (tertiary/aromatic N) is 2. The molecule has 2 N–H and O–H groups in total. The Morgan fingerprint density at radius 1 is 1.40 bits per heavy atom. The molecule has 0 unspecified atom stereocenters. The molecule has 0 saturated heterocycles. The Hall–Kier alpha value is -2.25. The Kier molecular flexibility index (Phi) is 5.59. The van der Waals surface area contributed by atoms with Crippen molar-refractivity contribution in [3.63, 3.8) is 0 Å². The molecule has 2 aromatic rings. The molecule has 134 valence electrons.